The van der Waals surface area contributed by atoms with E-state index in [0.717, 1.165) is 24.1 Å². The van der Waals surface area contributed by atoms with Crippen LogP contribution in [0.25, 0.3) is 0 Å². The number of hydrogen-bond donors (Lipinski definition) is 1. The van der Waals surface area contributed by atoms with Crippen molar-refractivity contribution in [3.8, 4) is 5.75 Å². The maximum Gasteiger partial charge on any atom is 0.137 e. The van der Waals surface area contributed by atoms with Crippen molar-refractivity contribution in [2.45, 2.75) is 19.4 Å². The molecule has 0 fully saturated rings. The first-order valence-electron chi connectivity index (χ1n) is 6.83. The molecule has 1 heterocycles. The van der Waals surface area contributed by atoms with E-state index in [1.807, 2.05) is 6.07 Å². The van der Waals surface area contributed by atoms with Gasteiger partial charge in [0.1, 0.15) is 11.6 Å². The van der Waals surface area contributed by atoms with Gasteiger partial charge in [-0.05, 0) is 42.3 Å². The van der Waals surface area contributed by atoms with E-state index in [2.05, 4.69) is 17.2 Å². The Morgan fingerprint density at radius 1 is 1.33 bits per heavy atom. The van der Waals surface area contributed by atoms with Crippen LogP contribution < -0.4 is 10.1 Å². The minimum absolute atomic E-state index is 0.152. The third-order valence-electron chi connectivity index (χ3n) is 3.18. The molecule has 2 rings (SSSR count). The number of halogens is 2. The van der Waals surface area contributed by atoms with Crippen LogP contribution in [0.15, 0.2) is 36.7 Å². The van der Waals surface area contributed by atoms with Crippen molar-refractivity contribution in [1.29, 1.82) is 0 Å². The molecule has 0 aliphatic carbocycles. The Labute approximate surface area is 129 Å². The standard InChI is InChI=1S/C16H18ClFN2O/c1-3-6-20-16(11-7-13(21-2)10-19-9-11)14-5-4-12(18)8-15(14)17/h4-5,7-10,16,20H,3,6H2,1-2H3. The second-order valence-corrected chi connectivity index (χ2v) is 5.12. The average Bonchev–Trinajstić information content (AvgIpc) is 2.49. The molecule has 112 valence electrons. The minimum atomic E-state index is -0.346. The number of benzene rings is 1. The first-order chi connectivity index (χ1) is 10.2. The highest BCUT2D eigenvalue weighted by Crippen LogP contribution is 2.30. The van der Waals surface area contributed by atoms with E-state index in [9.17, 15) is 4.39 Å². The fourth-order valence-electron chi connectivity index (χ4n) is 2.14. The molecule has 0 radical (unpaired) electrons. The smallest absolute Gasteiger partial charge is 0.137 e. The second kappa shape index (κ2) is 7.38. The van der Waals surface area contributed by atoms with Crippen LogP contribution in [0.2, 0.25) is 5.02 Å². The summed E-state index contributed by atoms with van der Waals surface area (Å²) in [5.41, 5.74) is 1.75. The van der Waals surface area contributed by atoms with Gasteiger partial charge in [0.05, 0.1) is 19.3 Å². The average molecular weight is 309 g/mol. The van der Waals surface area contributed by atoms with E-state index in [0.29, 0.717) is 10.8 Å². The van der Waals surface area contributed by atoms with Crippen molar-refractivity contribution in [1.82, 2.24) is 10.3 Å². The predicted octanol–water partition coefficient (Wildman–Crippen LogP) is 3.97. The summed E-state index contributed by atoms with van der Waals surface area (Å²) in [6.45, 7) is 2.90. The van der Waals surface area contributed by atoms with Gasteiger partial charge in [-0.1, -0.05) is 24.6 Å². The predicted molar refractivity (Wildman–Crippen MR) is 82.3 cm³/mol. The third kappa shape index (κ3) is 3.93. The molecule has 1 unspecified atom stereocenters. The highest BCUT2D eigenvalue weighted by atomic mass is 35.5. The molecule has 1 N–H and O–H groups in total. The van der Waals surface area contributed by atoms with E-state index in [1.54, 1.807) is 25.6 Å². The Morgan fingerprint density at radius 2 is 2.14 bits per heavy atom. The third-order valence-corrected chi connectivity index (χ3v) is 3.50. The fourth-order valence-corrected chi connectivity index (χ4v) is 2.41. The molecule has 3 nitrogen and oxygen atoms in total. The summed E-state index contributed by atoms with van der Waals surface area (Å²) in [6.07, 6.45) is 4.38. The number of rotatable bonds is 6. The Kier molecular flexibility index (Phi) is 5.53. The van der Waals surface area contributed by atoms with Gasteiger partial charge in [0.25, 0.3) is 0 Å². The van der Waals surface area contributed by atoms with Crippen molar-refractivity contribution in [3.63, 3.8) is 0 Å². The molecule has 0 bridgehead atoms. The van der Waals surface area contributed by atoms with Gasteiger partial charge in [-0.15, -0.1) is 0 Å². The Bertz CT molecular complexity index is 607. The van der Waals surface area contributed by atoms with Crippen molar-refractivity contribution >= 4 is 11.6 Å². The van der Waals surface area contributed by atoms with E-state index in [4.69, 9.17) is 16.3 Å². The van der Waals surface area contributed by atoms with Gasteiger partial charge >= 0.3 is 0 Å². The summed E-state index contributed by atoms with van der Waals surface area (Å²) in [6, 6.07) is 6.19. The maximum atomic E-state index is 13.2. The normalized spacial score (nSPS) is 12.2. The van der Waals surface area contributed by atoms with Gasteiger partial charge in [-0.2, -0.15) is 0 Å². The lowest BCUT2D eigenvalue weighted by molar-refractivity contribution is 0.411. The van der Waals surface area contributed by atoms with Crippen LogP contribution >= 0.6 is 11.6 Å². The van der Waals surface area contributed by atoms with Crippen LogP contribution in [0.5, 0.6) is 5.75 Å². The summed E-state index contributed by atoms with van der Waals surface area (Å²) in [7, 11) is 1.60. The summed E-state index contributed by atoms with van der Waals surface area (Å²) >= 11 is 6.20. The fraction of sp³-hybridized carbons (Fsp3) is 0.312. The zero-order valence-electron chi connectivity index (χ0n) is 12.1. The van der Waals surface area contributed by atoms with Gasteiger partial charge in [-0.25, -0.2) is 4.39 Å². The molecule has 2 aromatic rings. The SMILES string of the molecule is CCCNC(c1cncc(OC)c1)c1ccc(F)cc1Cl. The molecule has 0 saturated carbocycles. The molecule has 1 atom stereocenters. The summed E-state index contributed by atoms with van der Waals surface area (Å²) in [5, 5.41) is 3.81. The molecular weight excluding hydrogens is 291 g/mol. The molecule has 5 heteroatoms. The first kappa shape index (κ1) is 15.7. The Hall–Kier alpha value is -1.65. The first-order valence-corrected chi connectivity index (χ1v) is 7.20. The van der Waals surface area contributed by atoms with Gasteiger partial charge in [-0.3, -0.25) is 4.98 Å². The molecule has 0 saturated heterocycles. The van der Waals surface area contributed by atoms with Crippen molar-refractivity contribution in [2.24, 2.45) is 0 Å². The van der Waals surface area contributed by atoms with Crippen LogP contribution in [0, 0.1) is 5.82 Å². The maximum absolute atomic E-state index is 13.2. The molecule has 0 amide bonds. The number of hydrogen-bond acceptors (Lipinski definition) is 3. The summed E-state index contributed by atoms with van der Waals surface area (Å²) < 4.78 is 18.5. The van der Waals surface area contributed by atoms with E-state index < -0.39 is 0 Å². The van der Waals surface area contributed by atoms with Gasteiger partial charge in [0.15, 0.2) is 0 Å². The van der Waals surface area contributed by atoms with Crippen LogP contribution in [0.1, 0.15) is 30.5 Å². The molecule has 21 heavy (non-hydrogen) atoms. The number of nitrogens with one attached hydrogen (secondary N) is 1. The monoisotopic (exact) mass is 308 g/mol. The topological polar surface area (TPSA) is 34.2 Å². The summed E-state index contributed by atoms with van der Waals surface area (Å²) in [4.78, 5) is 4.18. The van der Waals surface area contributed by atoms with Crippen LogP contribution in [0.4, 0.5) is 4.39 Å². The molecule has 1 aromatic carbocycles. The lowest BCUT2D eigenvalue weighted by Gasteiger charge is -2.21. The number of ether oxygens (including phenoxy) is 1. The largest absolute Gasteiger partial charge is 0.495 e. The van der Waals surface area contributed by atoms with E-state index in [-0.39, 0.29) is 11.9 Å². The van der Waals surface area contributed by atoms with Crippen molar-refractivity contribution < 1.29 is 9.13 Å². The zero-order chi connectivity index (χ0) is 15.2. The highest BCUT2D eigenvalue weighted by Gasteiger charge is 2.17. The van der Waals surface area contributed by atoms with E-state index >= 15 is 0 Å². The quantitative estimate of drug-likeness (QED) is 0.876. The molecule has 0 aliphatic heterocycles. The summed E-state index contributed by atoms with van der Waals surface area (Å²) in [5.74, 6) is 0.329. The second-order valence-electron chi connectivity index (χ2n) is 4.71. The van der Waals surface area contributed by atoms with Crippen molar-refractivity contribution in [2.75, 3.05) is 13.7 Å². The zero-order valence-corrected chi connectivity index (χ0v) is 12.8. The van der Waals surface area contributed by atoms with Crippen LogP contribution in [0.3, 0.4) is 0 Å². The number of aromatic nitrogens is 1. The van der Waals surface area contributed by atoms with E-state index in [1.165, 1.54) is 12.1 Å². The highest BCUT2D eigenvalue weighted by molar-refractivity contribution is 6.31. The van der Waals surface area contributed by atoms with Gasteiger partial charge in [0, 0.05) is 11.2 Å². The molecule has 0 spiro atoms. The van der Waals surface area contributed by atoms with Crippen LogP contribution in [-0.4, -0.2) is 18.6 Å². The Morgan fingerprint density at radius 3 is 2.81 bits per heavy atom. The lowest BCUT2D eigenvalue weighted by atomic mass is 9.99. The minimum Gasteiger partial charge on any atom is -0.495 e. The molecule has 1 aromatic heterocycles. The lowest BCUT2D eigenvalue weighted by Crippen LogP contribution is -2.23. The number of nitrogens with zero attached hydrogens (tertiary/aromatic N) is 1. The molecule has 0 aliphatic rings. The van der Waals surface area contributed by atoms with Crippen LogP contribution in [-0.2, 0) is 0 Å². The van der Waals surface area contributed by atoms with Crippen molar-refractivity contribution in [3.05, 3.63) is 58.6 Å². The number of pyridine rings is 1. The van der Waals surface area contributed by atoms with Gasteiger partial charge in [0.2, 0.25) is 0 Å². The number of methoxy groups -OCH3 is 1. The van der Waals surface area contributed by atoms with Gasteiger partial charge < -0.3 is 10.1 Å². The Balaban J connectivity index is 2.41. The molecular formula is C16H18ClFN2O.